The van der Waals surface area contributed by atoms with Gasteiger partial charge in [-0.05, 0) is 24.6 Å². The molecule has 0 saturated carbocycles. The Hall–Kier alpha value is -1.39. The summed E-state index contributed by atoms with van der Waals surface area (Å²) in [4.78, 5) is 8.16. The standard InChI is InChI=1S/C13H15N3S/c14-8-6-12(11-4-2-1-3-5-11)17-13-7-9-15-10-16-13/h1-5,7,9-10,12H,6,8,14H2. The lowest BCUT2D eigenvalue weighted by atomic mass is 10.1. The van der Waals surface area contributed by atoms with Crippen molar-refractivity contribution < 1.29 is 0 Å². The molecule has 1 aromatic heterocycles. The lowest BCUT2D eigenvalue weighted by molar-refractivity contribution is 0.811. The molecule has 0 saturated heterocycles. The summed E-state index contributed by atoms with van der Waals surface area (Å²) < 4.78 is 0. The first-order valence-corrected chi connectivity index (χ1v) is 6.46. The molecule has 0 aliphatic heterocycles. The zero-order valence-corrected chi connectivity index (χ0v) is 10.3. The Morgan fingerprint density at radius 2 is 2.00 bits per heavy atom. The fourth-order valence-electron chi connectivity index (χ4n) is 1.61. The molecule has 0 bridgehead atoms. The molecule has 1 heterocycles. The molecule has 1 atom stereocenters. The largest absolute Gasteiger partial charge is 0.330 e. The van der Waals surface area contributed by atoms with Crippen molar-refractivity contribution in [2.75, 3.05) is 6.54 Å². The number of aromatic nitrogens is 2. The second-order valence-electron chi connectivity index (χ2n) is 3.64. The highest BCUT2D eigenvalue weighted by molar-refractivity contribution is 7.99. The van der Waals surface area contributed by atoms with Crippen molar-refractivity contribution in [1.82, 2.24) is 9.97 Å². The third-order valence-electron chi connectivity index (χ3n) is 2.42. The Bertz CT molecular complexity index is 433. The maximum atomic E-state index is 5.67. The van der Waals surface area contributed by atoms with Gasteiger partial charge in [-0.2, -0.15) is 0 Å². The summed E-state index contributed by atoms with van der Waals surface area (Å²) in [6.07, 6.45) is 4.28. The van der Waals surface area contributed by atoms with Crippen molar-refractivity contribution in [2.24, 2.45) is 5.73 Å². The van der Waals surface area contributed by atoms with Gasteiger partial charge in [-0.15, -0.1) is 0 Å². The Labute approximate surface area is 105 Å². The van der Waals surface area contributed by atoms with E-state index in [0.29, 0.717) is 11.8 Å². The Morgan fingerprint density at radius 1 is 1.18 bits per heavy atom. The minimum absolute atomic E-state index is 0.358. The Balaban J connectivity index is 2.13. The third-order valence-corrected chi connectivity index (χ3v) is 3.69. The van der Waals surface area contributed by atoms with Gasteiger partial charge in [0, 0.05) is 11.4 Å². The summed E-state index contributed by atoms with van der Waals surface area (Å²) in [5.74, 6) is 0. The fourth-order valence-corrected chi connectivity index (χ4v) is 2.69. The minimum atomic E-state index is 0.358. The van der Waals surface area contributed by atoms with Crippen LogP contribution in [0.4, 0.5) is 0 Å². The number of nitrogens with zero attached hydrogens (tertiary/aromatic N) is 2. The summed E-state index contributed by atoms with van der Waals surface area (Å²) in [5.41, 5.74) is 6.97. The second-order valence-corrected chi connectivity index (χ2v) is 4.87. The van der Waals surface area contributed by atoms with Crippen molar-refractivity contribution >= 4 is 11.8 Å². The van der Waals surface area contributed by atoms with Crippen LogP contribution in [-0.2, 0) is 0 Å². The minimum Gasteiger partial charge on any atom is -0.330 e. The van der Waals surface area contributed by atoms with Gasteiger partial charge in [0.05, 0.1) is 5.03 Å². The molecule has 0 amide bonds. The van der Waals surface area contributed by atoms with Gasteiger partial charge in [0.1, 0.15) is 6.33 Å². The van der Waals surface area contributed by atoms with Crippen LogP contribution in [0.2, 0.25) is 0 Å². The molecule has 1 aromatic carbocycles. The second kappa shape index (κ2) is 6.37. The van der Waals surface area contributed by atoms with Crippen LogP contribution in [0.5, 0.6) is 0 Å². The van der Waals surface area contributed by atoms with Crippen LogP contribution in [0.15, 0.2) is 53.9 Å². The van der Waals surface area contributed by atoms with Crippen molar-refractivity contribution in [2.45, 2.75) is 16.7 Å². The summed E-state index contributed by atoms with van der Waals surface area (Å²) in [7, 11) is 0. The number of thioether (sulfide) groups is 1. The topological polar surface area (TPSA) is 51.8 Å². The van der Waals surface area contributed by atoms with Crippen molar-refractivity contribution in [3.8, 4) is 0 Å². The van der Waals surface area contributed by atoms with E-state index < -0.39 is 0 Å². The molecule has 88 valence electrons. The van der Waals surface area contributed by atoms with Crippen molar-refractivity contribution in [3.63, 3.8) is 0 Å². The van der Waals surface area contributed by atoms with Crippen LogP contribution < -0.4 is 5.73 Å². The van der Waals surface area contributed by atoms with Gasteiger partial charge in [0.2, 0.25) is 0 Å². The van der Waals surface area contributed by atoms with Gasteiger partial charge in [0.25, 0.3) is 0 Å². The summed E-state index contributed by atoms with van der Waals surface area (Å²) in [6.45, 7) is 0.678. The quantitative estimate of drug-likeness (QED) is 0.650. The average molecular weight is 245 g/mol. The summed E-state index contributed by atoms with van der Waals surface area (Å²) in [6, 6.07) is 12.3. The van der Waals surface area contributed by atoms with Gasteiger partial charge in [-0.25, -0.2) is 9.97 Å². The predicted molar refractivity (Wildman–Crippen MR) is 70.7 cm³/mol. The number of rotatable bonds is 5. The third kappa shape index (κ3) is 3.54. The van der Waals surface area contributed by atoms with Gasteiger partial charge >= 0.3 is 0 Å². The van der Waals surface area contributed by atoms with Crippen LogP contribution in [-0.4, -0.2) is 16.5 Å². The lowest BCUT2D eigenvalue weighted by Crippen LogP contribution is -2.05. The maximum Gasteiger partial charge on any atom is 0.116 e. The van der Waals surface area contributed by atoms with E-state index in [0.717, 1.165) is 11.4 Å². The van der Waals surface area contributed by atoms with Crippen LogP contribution in [0, 0.1) is 0 Å². The number of nitrogens with two attached hydrogens (primary N) is 1. The van der Waals surface area contributed by atoms with E-state index in [9.17, 15) is 0 Å². The maximum absolute atomic E-state index is 5.67. The van der Waals surface area contributed by atoms with Crippen LogP contribution >= 0.6 is 11.8 Å². The van der Waals surface area contributed by atoms with Crippen molar-refractivity contribution in [1.29, 1.82) is 0 Å². The SMILES string of the molecule is NCCC(Sc1ccncn1)c1ccccc1. The van der Waals surface area contributed by atoms with E-state index in [-0.39, 0.29) is 0 Å². The molecule has 2 N–H and O–H groups in total. The Kier molecular flexibility index (Phi) is 4.53. The van der Waals surface area contributed by atoms with Crippen LogP contribution in [0.25, 0.3) is 0 Å². The first-order chi connectivity index (χ1) is 8.40. The highest BCUT2D eigenvalue weighted by Crippen LogP contribution is 2.35. The molecular weight excluding hydrogens is 230 g/mol. The fraction of sp³-hybridized carbons (Fsp3) is 0.231. The normalized spacial score (nSPS) is 12.3. The Morgan fingerprint density at radius 3 is 2.65 bits per heavy atom. The molecule has 17 heavy (non-hydrogen) atoms. The molecule has 0 spiro atoms. The number of hydrogen-bond acceptors (Lipinski definition) is 4. The molecule has 3 nitrogen and oxygen atoms in total. The molecule has 1 unspecified atom stereocenters. The number of hydrogen-bond donors (Lipinski definition) is 1. The van der Waals surface area contributed by atoms with E-state index in [1.807, 2.05) is 12.1 Å². The highest BCUT2D eigenvalue weighted by atomic mass is 32.2. The molecule has 0 fully saturated rings. The van der Waals surface area contributed by atoms with E-state index in [2.05, 4.69) is 34.2 Å². The van der Waals surface area contributed by atoms with Crippen molar-refractivity contribution in [3.05, 3.63) is 54.5 Å². The zero-order valence-electron chi connectivity index (χ0n) is 9.49. The average Bonchev–Trinajstić information content (AvgIpc) is 2.40. The predicted octanol–water partition coefficient (Wildman–Crippen LogP) is 2.66. The molecule has 0 aliphatic rings. The first kappa shape index (κ1) is 12.1. The van der Waals surface area contributed by atoms with E-state index >= 15 is 0 Å². The van der Waals surface area contributed by atoms with Gasteiger partial charge in [-0.1, -0.05) is 42.1 Å². The van der Waals surface area contributed by atoms with E-state index in [1.165, 1.54) is 5.56 Å². The van der Waals surface area contributed by atoms with Crippen LogP contribution in [0.3, 0.4) is 0 Å². The molecular formula is C13H15N3S. The monoisotopic (exact) mass is 245 g/mol. The van der Waals surface area contributed by atoms with Gasteiger partial charge in [-0.3, -0.25) is 0 Å². The highest BCUT2D eigenvalue weighted by Gasteiger charge is 2.12. The molecule has 0 aliphatic carbocycles. The van der Waals surface area contributed by atoms with E-state index in [1.54, 1.807) is 24.3 Å². The van der Waals surface area contributed by atoms with E-state index in [4.69, 9.17) is 5.73 Å². The molecule has 2 rings (SSSR count). The molecule has 0 radical (unpaired) electrons. The lowest BCUT2D eigenvalue weighted by Gasteiger charge is -2.15. The number of benzene rings is 1. The van der Waals surface area contributed by atoms with Crippen LogP contribution in [0.1, 0.15) is 17.2 Å². The zero-order chi connectivity index (χ0) is 11.9. The van der Waals surface area contributed by atoms with Gasteiger partial charge < -0.3 is 5.73 Å². The summed E-state index contributed by atoms with van der Waals surface area (Å²) >= 11 is 1.74. The molecule has 4 heteroatoms. The molecule has 2 aromatic rings. The summed E-state index contributed by atoms with van der Waals surface area (Å²) in [5, 5.41) is 1.35. The van der Waals surface area contributed by atoms with Gasteiger partial charge in [0.15, 0.2) is 0 Å². The first-order valence-electron chi connectivity index (χ1n) is 5.58. The smallest absolute Gasteiger partial charge is 0.116 e.